The molecule has 1 N–H and O–H groups in total. The minimum absolute atomic E-state index is 0.186. The van der Waals surface area contributed by atoms with Gasteiger partial charge in [0.05, 0.1) is 0 Å². The standard InChI is InChI=1S/C13H21N3O3/c1-5-7-15-8-6-14-11(12(15)19)16(9-10(17)18)13(2,3)4/h6,8H,5,7,9H2,1-4H3,(H,17,18). The Labute approximate surface area is 112 Å². The van der Waals surface area contributed by atoms with Crippen molar-refractivity contribution in [3.05, 3.63) is 22.7 Å². The van der Waals surface area contributed by atoms with Crippen molar-refractivity contribution in [1.29, 1.82) is 0 Å². The minimum atomic E-state index is -0.984. The number of hydrogen-bond acceptors (Lipinski definition) is 4. The number of aliphatic carboxylic acids is 1. The Balaban J connectivity index is 3.27. The van der Waals surface area contributed by atoms with Crippen molar-refractivity contribution in [2.45, 2.75) is 46.2 Å². The number of hydrogen-bond donors (Lipinski definition) is 1. The molecular formula is C13H21N3O3. The first-order valence-electron chi connectivity index (χ1n) is 6.32. The normalized spacial score (nSPS) is 11.4. The van der Waals surface area contributed by atoms with Crippen LogP contribution in [0.3, 0.4) is 0 Å². The number of anilines is 1. The molecule has 19 heavy (non-hydrogen) atoms. The zero-order chi connectivity index (χ0) is 14.6. The largest absolute Gasteiger partial charge is 0.480 e. The second-order valence-electron chi connectivity index (χ2n) is 5.40. The van der Waals surface area contributed by atoms with Crippen LogP contribution < -0.4 is 10.5 Å². The molecule has 0 spiro atoms. The van der Waals surface area contributed by atoms with E-state index in [4.69, 9.17) is 5.11 Å². The first-order chi connectivity index (χ1) is 8.77. The number of carboxylic acids is 1. The summed E-state index contributed by atoms with van der Waals surface area (Å²) in [6, 6.07) is 0. The van der Waals surface area contributed by atoms with E-state index in [-0.39, 0.29) is 17.9 Å². The number of aromatic nitrogens is 2. The average Bonchev–Trinajstić information content (AvgIpc) is 2.28. The van der Waals surface area contributed by atoms with Crippen LogP contribution in [0.2, 0.25) is 0 Å². The highest BCUT2D eigenvalue weighted by Gasteiger charge is 2.27. The molecule has 1 rings (SSSR count). The van der Waals surface area contributed by atoms with Gasteiger partial charge in [-0.05, 0) is 27.2 Å². The van der Waals surface area contributed by atoms with Crippen molar-refractivity contribution in [3.8, 4) is 0 Å². The van der Waals surface area contributed by atoms with Crippen LogP contribution in [0, 0.1) is 0 Å². The predicted octanol–water partition coefficient (Wildman–Crippen LogP) is 1.34. The topological polar surface area (TPSA) is 75.4 Å². The van der Waals surface area contributed by atoms with Crippen molar-refractivity contribution in [2.75, 3.05) is 11.4 Å². The van der Waals surface area contributed by atoms with E-state index in [1.54, 1.807) is 10.8 Å². The minimum Gasteiger partial charge on any atom is -0.480 e. The molecule has 6 nitrogen and oxygen atoms in total. The Morgan fingerprint density at radius 2 is 2.11 bits per heavy atom. The van der Waals surface area contributed by atoms with E-state index in [9.17, 15) is 9.59 Å². The van der Waals surface area contributed by atoms with Crippen LogP contribution in [0.25, 0.3) is 0 Å². The summed E-state index contributed by atoms with van der Waals surface area (Å²) in [6.07, 6.45) is 3.99. The van der Waals surface area contributed by atoms with Crippen LogP contribution in [0.15, 0.2) is 17.2 Å². The fourth-order valence-corrected chi connectivity index (χ4v) is 1.80. The molecule has 1 aromatic rings. The zero-order valence-corrected chi connectivity index (χ0v) is 11.9. The molecule has 106 valence electrons. The Bertz CT molecular complexity index is 503. The second-order valence-corrected chi connectivity index (χ2v) is 5.40. The maximum atomic E-state index is 12.3. The van der Waals surface area contributed by atoms with Gasteiger partial charge in [-0.1, -0.05) is 6.92 Å². The molecule has 0 radical (unpaired) electrons. The van der Waals surface area contributed by atoms with Crippen molar-refractivity contribution < 1.29 is 9.90 Å². The quantitative estimate of drug-likeness (QED) is 0.871. The summed E-state index contributed by atoms with van der Waals surface area (Å²) < 4.78 is 1.56. The van der Waals surface area contributed by atoms with Crippen LogP contribution in [0.5, 0.6) is 0 Å². The first kappa shape index (κ1) is 15.2. The third-order valence-electron chi connectivity index (χ3n) is 2.72. The van der Waals surface area contributed by atoms with Crippen LogP contribution in [0.4, 0.5) is 5.82 Å². The maximum absolute atomic E-state index is 12.3. The molecule has 0 fully saturated rings. The molecule has 1 aromatic heterocycles. The molecule has 0 saturated carbocycles. The second kappa shape index (κ2) is 5.86. The van der Waals surface area contributed by atoms with Crippen LogP contribution in [-0.2, 0) is 11.3 Å². The van der Waals surface area contributed by atoms with Gasteiger partial charge in [0.2, 0.25) is 0 Å². The molecule has 0 unspecified atom stereocenters. The van der Waals surface area contributed by atoms with Gasteiger partial charge >= 0.3 is 5.97 Å². The van der Waals surface area contributed by atoms with E-state index < -0.39 is 11.5 Å². The van der Waals surface area contributed by atoms with Gasteiger partial charge < -0.3 is 14.6 Å². The maximum Gasteiger partial charge on any atom is 0.323 e. The van der Waals surface area contributed by atoms with Crippen molar-refractivity contribution >= 4 is 11.8 Å². The van der Waals surface area contributed by atoms with Gasteiger partial charge in [0.15, 0.2) is 5.82 Å². The summed E-state index contributed by atoms with van der Waals surface area (Å²) in [5.41, 5.74) is -0.740. The Morgan fingerprint density at radius 1 is 1.47 bits per heavy atom. The highest BCUT2D eigenvalue weighted by atomic mass is 16.4. The Morgan fingerprint density at radius 3 is 2.58 bits per heavy atom. The molecule has 0 aliphatic heterocycles. The fourth-order valence-electron chi connectivity index (χ4n) is 1.80. The van der Waals surface area contributed by atoms with Gasteiger partial charge in [0.25, 0.3) is 5.56 Å². The summed E-state index contributed by atoms with van der Waals surface area (Å²) in [5.74, 6) is -0.798. The first-order valence-corrected chi connectivity index (χ1v) is 6.32. The molecule has 0 amide bonds. The number of carboxylic acid groups (broad SMARTS) is 1. The van der Waals surface area contributed by atoms with Gasteiger partial charge in [0.1, 0.15) is 6.54 Å². The van der Waals surface area contributed by atoms with Crippen molar-refractivity contribution in [1.82, 2.24) is 9.55 Å². The lowest BCUT2D eigenvalue weighted by Crippen LogP contribution is -2.48. The molecular weight excluding hydrogens is 246 g/mol. The Kier molecular flexibility index (Phi) is 4.69. The van der Waals surface area contributed by atoms with Crippen LogP contribution in [-0.4, -0.2) is 32.7 Å². The average molecular weight is 267 g/mol. The summed E-state index contributed by atoms with van der Waals surface area (Å²) in [4.78, 5) is 28.9. The van der Waals surface area contributed by atoms with Crippen LogP contribution >= 0.6 is 0 Å². The zero-order valence-electron chi connectivity index (χ0n) is 11.9. The summed E-state index contributed by atoms with van der Waals surface area (Å²) in [5, 5.41) is 8.99. The number of rotatable bonds is 5. The summed E-state index contributed by atoms with van der Waals surface area (Å²) in [7, 11) is 0. The monoisotopic (exact) mass is 267 g/mol. The third kappa shape index (κ3) is 3.81. The van der Waals surface area contributed by atoms with Crippen molar-refractivity contribution in [3.63, 3.8) is 0 Å². The predicted molar refractivity (Wildman–Crippen MR) is 73.5 cm³/mol. The molecule has 0 bridgehead atoms. The smallest absolute Gasteiger partial charge is 0.323 e. The lowest BCUT2D eigenvalue weighted by atomic mass is 10.1. The van der Waals surface area contributed by atoms with Gasteiger partial charge in [-0.2, -0.15) is 0 Å². The fraction of sp³-hybridized carbons (Fsp3) is 0.615. The van der Waals surface area contributed by atoms with E-state index in [2.05, 4.69) is 4.98 Å². The highest BCUT2D eigenvalue weighted by Crippen LogP contribution is 2.18. The van der Waals surface area contributed by atoms with Crippen LogP contribution in [0.1, 0.15) is 34.1 Å². The highest BCUT2D eigenvalue weighted by molar-refractivity contribution is 5.73. The molecule has 0 atom stereocenters. The van der Waals surface area contributed by atoms with E-state index >= 15 is 0 Å². The van der Waals surface area contributed by atoms with Gasteiger partial charge in [0, 0.05) is 24.5 Å². The lowest BCUT2D eigenvalue weighted by Gasteiger charge is -2.34. The number of carbonyl (C=O) groups is 1. The molecule has 6 heteroatoms. The van der Waals surface area contributed by atoms with E-state index in [1.807, 2.05) is 27.7 Å². The lowest BCUT2D eigenvalue weighted by molar-refractivity contribution is -0.135. The third-order valence-corrected chi connectivity index (χ3v) is 2.72. The molecule has 0 aliphatic rings. The molecule has 0 aliphatic carbocycles. The molecule has 0 aromatic carbocycles. The summed E-state index contributed by atoms with van der Waals surface area (Å²) in [6.45, 7) is 7.89. The number of nitrogens with zero attached hydrogens (tertiary/aromatic N) is 3. The van der Waals surface area contributed by atoms with E-state index in [1.165, 1.54) is 11.1 Å². The number of aryl methyl sites for hydroxylation is 1. The van der Waals surface area contributed by atoms with Gasteiger partial charge in [-0.3, -0.25) is 9.59 Å². The van der Waals surface area contributed by atoms with E-state index in [0.717, 1.165) is 6.42 Å². The van der Waals surface area contributed by atoms with E-state index in [0.29, 0.717) is 6.54 Å². The molecule has 0 saturated heterocycles. The van der Waals surface area contributed by atoms with Crippen molar-refractivity contribution in [2.24, 2.45) is 0 Å². The Hall–Kier alpha value is -1.85. The van der Waals surface area contributed by atoms with Gasteiger partial charge in [-0.15, -0.1) is 0 Å². The summed E-state index contributed by atoms with van der Waals surface area (Å²) >= 11 is 0. The van der Waals surface area contributed by atoms with Gasteiger partial charge in [-0.25, -0.2) is 4.98 Å². The SMILES string of the molecule is CCCn1ccnc(N(CC(=O)O)C(C)(C)C)c1=O. The molecule has 1 heterocycles.